The summed E-state index contributed by atoms with van der Waals surface area (Å²) in [5.74, 6) is 0.977. The first kappa shape index (κ1) is 31.3. The third-order valence-electron chi connectivity index (χ3n) is 6.30. The summed E-state index contributed by atoms with van der Waals surface area (Å²) in [5.41, 5.74) is 1.99. The molecule has 4 rings (SSSR count). The number of allylic oxidation sites excluding steroid dienone is 6. The first-order valence-electron chi connectivity index (χ1n) is 12.6. The molecule has 0 bridgehead atoms. The van der Waals surface area contributed by atoms with Crippen LogP contribution in [0.15, 0.2) is 51.5 Å². The van der Waals surface area contributed by atoms with Crippen molar-refractivity contribution in [3.05, 3.63) is 57.1 Å². The summed E-state index contributed by atoms with van der Waals surface area (Å²) in [6.07, 6.45) is 12.9. The molecule has 202 valence electrons. The highest BCUT2D eigenvalue weighted by molar-refractivity contribution is 6.45. The quantitative estimate of drug-likeness (QED) is 0.370. The van der Waals surface area contributed by atoms with E-state index in [2.05, 4.69) is 0 Å². The van der Waals surface area contributed by atoms with Crippen LogP contribution in [0.3, 0.4) is 0 Å². The van der Waals surface area contributed by atoms with Crippen LogP contribution in [0, 0.1) is 0 Å². The fourth-order valence-corrected chi connectivity index (χ4v) is 4.74. The van der Waals surface area contributed by atoms with Gasteiger partial charge in [-0.25, -0.2) is 0 Å². The van der Waals surface area contributed by atoms with Crippen LogP contribution in [0.25, 0.3) is 5.57 Å². The van der Waals surface area contributed by atoms with E-state index in [1.54, 1.807) is 20.3 Å². The van der Waals surface area contributed by atoms with Gasteiger partial charge >= 0.3 is 0 Å². The van der Waals surface area contributed by atoms with Gasteiger partial charge in [-0.05, 0) is 74.6 Å². The Morgan fingerprint density at radius 2 is 1.32 bits per heavy atom. The molecule has 1 atom stereocenters. The molecule has 8 heteroatoms. The molecule has 1 aromatic carbocycles. The van der Waals surface area contributed by atoms with E-state index in [1.165, 1.54) is 0 Å². The zero-order chi connectivity index (χ0) is 27.2. The van der Waals surface area contributed by atoms with E-state index in [9.17, 15) is 14.4 Å². The molecule has 0 aliphatic heterocycles. The summed E-state index contributed by atoms with van der Waals surface area (Å²) in [4.78, 5) is 33.6. The van der Waals surface area contributed by atoms with Crippen molar-refractivity contribution >= 4 is 57.7 Å². The van der Waals surface area contributed by atoms with Gasteiger partial charge < -0.3 is 9.47 Å². The molecule has 0 saturated heterocycles. The van der Waals surface area contributed by atoms with Crippen LogP contribution in [0.1, 0.15) is 76.2 Å². The highest BCUT2D eigenvalue weighted by Crippen LogP contribution is 2.32. The van der Waals surface area contributed by atoms with Crippen molar-refractivity contribution in [1.29, 1.82) is 0 Å². The average molecular weight is 570 g/mol. The van der Waals surface area contributed by atoms with Gasteiger partial charge in [0.2, 0.25) is 0 Å². The molecule has 3 aliphatic rings. The predicted octanol–water partition coefficient (Wildman–Crippen LogP) is 7.92. The van der Waals surface area contributed by atoms with Gasteiger partial charge in [-0.2, -0.15) is 0 Å². The van der Waals surface area contributed by atoms with Crippen molar-refractivity contribution in [3.63, 3.8) is 0 Å². The lowest BCUT2D eigenvalue weighted by Crippen LogP contribution is -2.13. The summed E-state index contributed by atoms with van der Waals surface area (Å²) in [7, 11) is 3.26. The Kier molecular flexibility index (Phi) is 14.2. The molecule has 0 heterocycles. The Labute approximate surface area is 234 Å². The van der Waals surface area contributed by atoms with Crippen LogP contribution in [0.5, 0.6) is 5.75 Å². The molecule has 0 fully saturated rings. The second-order valence-electron chi connectivity index (χ2n) is 8.99. The highest BCUT2D eigenvalue weighted by Gasteiger charge is 2.19. The van der Waals surface area contributed by atoms with Gasteiger partial charge in [-0.3, -0.25) is 14.4 Å². The number of carbonyl (C=O) groups is 3. The largest absolute Gasteiger partial charge is 0.497 e. The van der Waals surface area contributed by atoms with E-state index < -0.39 is 0 Å². The van der Waals surface area contributed by atoms with Gasteiger partial charge in [0, 0.05) is 26.4 Å². The monoisotopic (exact) mass is 568 g/mol. The Hall–Kier alpha value is -1.92. The van der Waals surface area contributed by atoms with E-state index in [-0.39, 0.29) is 23.5 Å². The van der Waals surface area contributed by atoms with Crippen LogP contribution in [-0.4, -0.2) is 37.7 Å². The number of carbonyl (C=O) groups excluding carboxylic acids is 3. The Balaban J connectivity index is 0.000000208. The van der Waals surface area contributed by atoms with Crippen molar-refractivity contribution in [2.24, 2.45) is 0 Å². The second-order valence-corrected chi connectivity index (χ2v) is 10.2. The smallest absolute Gasteiger partial charge is 0.176 e. The molecular formula is C29H35Cl3O5. The summed E-state index contributed by atoms with van der Waals surface area (Å²) in [6.45, 7) is 0. The molecule has 0 saturated carbocycles. The SMILES string of the molecule is COC1CCC=C(Cl)C(=O)C1.COc1ccc(C2=C(Cl)C(=O)CCCC2)cc1.O=C1CCCCC=C1Cl. The number of hydrogen-bond acceptors (Lipinski definition) is 5. The number of Topliss-reactive ketones (excluding diaryl/α,β-unsaturated/α-hetero) is 3. The first-order chi connectivity index (χ1) is 17.8. The van der Waals surface area contributed by atoms with Gasteiger partial charge in [0.15, 0.2) is 17.3 Å². The van der Waals surface area contributed by atoms with Crippen LogP contribution in [-0.2, 0) is 19.1 Å². The summed E-state index contributed by atoms with van der Waals surface area (Å²) in [5, 5.41) is 1.21. The molecule has 0 spiro atoms. The van der Waals surface area contributed by atoms with Crippen molar-refractivity contribution in [2.75, 3.05) is 14.2 Å². The summed E-state index contributed by atoms with van der Waals surface area (Å²) < 4.78 is 10.2. The number of methoxy groups -OCH3 is 2. The van der Waals surface area contributed by atoms with E-state index in [0.29, 0.717) is 34.4 Å². The normalized spacial score (nSPS) is 20.7. The van der Waals surface area contributed by atoms with E-state index in [1.807, 2.05) is 30.3 Å². The Morgan fingerprint density at radius 3 is 2.00 bits per heavy atom. The lowest BCUT2D eigenvalue weighted by molar-refractivity contribution is -0.117. The lowest BCUT2D eigenvalue weighted by atomic mass is 10.0. The number of rotatable bonds is 3. The van der Waals surface area contributed by atoms with Crippen LogP contribution in [0.2, 0.25) is 0 Å². The van der Waals surface area contributed by atoms with Gasteiger partial charge in [0.25, 0.3) is 0 Å². The maximum absolute atomic E-state index is 11.7. The third kappa shape index (κ3) is 10.8. The minimum absolute atomic E-state index is 0.00369. The molecule has 5 nitrogen and oxygen atoms in total. The molecule has 3 aliphatic carbocycles. The zero-order valence-corrected chi connectivity index (χ0v) is 23.8. The number of ketones is 3. The minimum atomic E-state index is -0.00369. The molecule has 0 aromatic heterocycles. The topological polar surface area (TPSA) is 69.7 Å². The maximum Gasteiger partial charge on any atom is 0.176 e. The molecule has 1 aromatic rings. The minimum Gasteiger partial charge on any atom is -0.497 e. The number of ether oxygens (including phenoxy) is 2. The number of halogens is 3. The molecule has 1 unspecified atom stereocenters. The average Bonchev–Trinajstić information content (AvgIpc) is 3.28. The predicted molar refractivity (Wildman–Crippen MR) is 150 cm³/mol. The van der Waals surface area contributed by atoms with Gasteiger partial charge in [0.1, 0.15) is 5.75 Å². The molecule has 0 amide bonds. The van der Waals surface area contributed by atoms with E-state index in [4.69, 9.17) is 44.3 Å². The van der Waals surface area contributed by atoms with Crippen molar-refractivity contribution in [3.8, 4) is 5.75 Å². The Morgan fingerprint density at radius 1 is 0.730 bits per heavy atom. The van der Waals surface area contributed by atoms with Crippen LogP contribution >= 0.6 is 34.8 Å². The molecule has 0 N–H and O–H groups in total. The highest BCUT2D eigenvalue weighted by atomic mass is 35.5. The van der Waals surface area contributed by atoms with Gasteiger partial charge in [0.05, 0.1) is 28.3 Å². The lowest BCUT2D eigenvalue weighted by Gasteiger charge is -2.09. The van der Waals surface area contributed by atoms with E-state index in [0.717, 1.165) is 68.3 Å². The van der Waals surface area contributed by atoms with Crippen molar-refractivity contribution in [2.45, 2.75) is 76.7 Å². The van der Waals surface area contributed by atoms with Crippen LogP contribution < -0.4 is 4.74 Å². The molecular weight excluding hydrogens is 535 g/mol. The standard InChI is InChI=1S/C14H15ClO2.C8H11ClO2.C7H9ClO/c1-17-11-8-6-10(7-9-11)12-4-2-3-5-13(16)14(12)15;1-11-6-3-2-4-7(9)8(10)5-6;8-6-4-2-1-3-5-7(6)9/h6-9H,2-5H2,1H3;4,6H,2-3,5H2,1H3;4H,1-3,5H2. The van der Waals surface area contributed by atoms with Crippen molar-refractivity contribution < 1.29 is 23.9 Å². The Bertz CT molecular complexity index is 1020. The number of hydrogen-bond donors (Lipinski definition) is 0. The first-order valence-corrected chi connectivity index (χ1v) is 13.8. The second kappa shape index (κ2) is 16.8. The zero-order valence-electron chi connectivity index (χ0n) is 21.5. The van der Waals surface area contributed by atoms with E-state index >= 15 is 0 Å². The maximum atomic E-state index is 11.7. The number of benzene rings is 1. The molecule has 0 radical (unpaired) electrons. The fourth-order valence-electron chi connectivity index (χ4n) is 4.05. The van der Waals surface area contributed by atoms with Gasteiger partial charge in [-0.15, -0.1) is 0 Å². The molecule has 37 heavy (non-hydrogen) atoms. The third-order valence-corrected chi connectivity index (χ3v) is 7.47. The summed E-state index contributed by atoms with van der Waals surface area (Å²) in [6, 6.07) is 7.69. The fraction of sp³-hybridized carbons (Fsp3) is 0.483. The van der Waals surface area contributed by atoms with Crippen molar-refractivity contribution in [1.82, 2.24) is 0 Å². The summed E-state index contributed by atoms with van der Waals surface area (Å²) >= 11 is 17.4. The van der Waals surface area contributed by atoms with Crippen LogP contribution in [0.4, 0.5) is 0 Å². The van der Waals surface area contributed by atoms with Gasteiger partial charge in [-0.1, -0.05) is 59.1 Å².